The first-order valence-corrected chi connectivity index (χ1v) is 10.6. The van der Waals surface area contributed by atoms with Crippen molar-refractivity contribution in [3.8, 4) is 0 Å². The van der Waals surface area contributed by atoms with Crippen LogP contribution in [0.15, 0.2) is 22.8 Å². The lowest BCUT2D eigenvalue weighted by Crippen LogP contribution is -3.11. The van der Waals surface area contributed by atoms with Crippen LogP contribution in [-0.4, -0.2) is 48.8 Å². The van der Waals surface area contributed by atoms with Gasteiger partial charge in [0.2, 0.25) is 17.7 Å². The van der Waals surface area contributed by atoms with Crippen molar-refractivity contribution in [2.24, 2.45) is 11.8 Å². The maximum Gasteiger partial charge on any atom is 0.233 e. The van der Waals surface area contributed by atoms with Gasteiger partial charge >= 0.3 is 0 Å². The molecular weight excluding hydrogens is 358 g/mol. The van der Waals surface area contributed by atoms with Crippen molar-refractivity contribution in [3.05, 3.63) is 24.2 Å². The van der Waals surface area contributed by atoms with Gasteiger partial charge in [-0.05, 0) is 25.0 Å². The van der Waals surface area contributed by atoms with E-state index < -0.39 is 0 Å². The van der Waals surface area contributed by atoms with E-state index in [1.807, 2.05) is 12.1 Å². The normalized spacial score (nSPS) is 26.5. The monoisotopic (exact) mass is 388 g/mol. The van der Waals surface area contributed by atoms with Gasteiger partial charge in [0.05, 0.1) is 37.7 Å². The number of hydrogen-bond acceptors (Lipinski definition) is 4. The smallest absolute Gasteiger partial charge is 0.233 e. The number of fused-ring (bicyclic) bond motifs is 1. The number of hydrogen-bond donors (Lipinski definition) is 2. The zero-order chi connectivity index (χ0) is 19.5. The van der Waals surface area contributed by atoms with E-state index in [9.17, 15) is 14.4 Å². The minimum absolute atomic E-state index is 0.0718. The number of nitrogens with zero attached hydrogens (tertiary/aromatic N) is 1. The van der Waals surface area contributed by atoms with Crippen molar-refractivity contribution < 1.29 is 23.7 Å². The Morgan fingerprint density at radius 1 is 1.14 bits per heavy atom. The molecule has 152 valence electrons. The summed E-state index contributed by atoms with van der Waals surface area (Å²) in [6.07, 6.45) is 7.87. The van der Waals surface area contributed by atoms with Gasteiger partial charge in [0.1, 0.15) is 0 Å². The van der Waals surface area contributed by atoms with Crippen LogP contribution in [0.1, 0.15) is 56.7 Å². The number of carbonyl (C=O) groups excluding carboxylic acids is 3. The zero-order valence-corrected chi connectivity index (χ0v) is 16.3. The molecule has 0 radical (unpaired) electrons. The van der Waals surface area contributed by atoms with Crippen LogP contribution >= 0.6 is 0 Å². The fourth-order valence-corrected chi connectivity index (χ4v) is 5.08. The highest BCUT2D eigenvalue weighted by molar-refractivity contribution is 6.05. The van der Waals surface area contributed by atoms with Crippen molar-refractivity contribution in [3.63, 3.8) is 0 Å². The van der Waals surface area contributed by atoms with Crippen LogP contribution in [0.2, 0.25) is 0 Å². The molecule has 1 saturated carbocycles. The lowest BCUT2D eigenvalue weighted by Gasteiger charge is -2.23. The molecule has 2 saturated heterocycles. The molecule has 0 bridgehead atoms. The standard InChI is InChI=1S/C21H29N3O4/c25-19(9-12-24-20(26)15-6-1-2-7-16(15)21(24)27)22-14-17(18-8-5-13-28-18)23-10-3-4-11-23/h5,8,13,15-17H,1-4,6-7,9-12,14H2,(H,22,25)/p+1/t15-,16+,17-/m1/s1. The summed E-state index contributed by atoms with van der Waals surface area (Å²) < 4.78 is 5.59. The summed E-state index contributed by atoms with van der Waals surface area (Å²) in [5, 5.41) is 3.00. The fourth-order valence-electron chi connectivity index (χ4n) is 5.08. The molecule has 2 N–H and O–H groups in total. The van der Waals surface area contributed by atoms with Crippen molar-refractivity contribution >= 4 is 17.7 Å². The Morgan fingerprint density at radius 3 is 2.43 bits per heavy atom. The molecule has 1 aromatic heterocycles. The summed E-state index contributed by atoms with van der Waals surface area (Å²) in [4.78, 5) is 40.2. The first kappa shape index (κ1) is 19.2. The van der Waals surface area contributed by atoms with E-state index in [0.717, 1.165) is 44.5 Å². The molecule has 4 rings (SSSR count). The highest BCUT2D eigenvalue weighted by Gasteiger charge is 2.47. The summed E-state index contributed by atoms with van der Waals surface area (Å²) in [5.41, 5.74) is 0. The molecule has 3 heterocycles. The topological polar surface area (TPSA) is 84.1 Å². The zero-order valence-electron chi connectivity index (χ0n) is 16.3. The fraction of sp³-hybridized carbons (Fsp3) is 0.667. The lowest BCUT2D eigenvalue weighted by atomic mass is 9.81. The molecule has 0 aromatic carbocycles. The van der Waals surface area contributed by atoms with Crippen LogP contribution in [0.4, 0.5) is 0 Å². The molecule has 7 heteroatoms. The van der Waals surface area contributed by atoms with Crippen LogP contribution in [0.25, 0.3) is 0 Å². The van der Waals surface area contributed by atoms with Crippen LogP contribution in [0.5, 0.6) is 0 Å². The average Bonchev–Trinajstić information content (AvgIpc) is 3.45. The molecule has 1 aliphatic carbocycles. The summed E-state index contributed by atoms with van der Waals surface area (Å²) in [6.45, 7) is 2.87. The van der Waals surface area contributed by atoms with Gasteiger partial charge in [0, 0.05) is 25.8 Å². The number of nitrogens with one attached hydrogen (secondary N) is 2. The van der Waals surface area contributed by atoms with Crippen molar-refractivity contribution in [2.45, 2.75) is 51.0 Å². The molecule has 0 unspecified atom stereocenters. The van der Waals surface area contributed by atoms with Gasteiger partial charge in [-0.1, -0.05) is 12.8 Å². The van der Waals surface area contributed by atoms with E-state index >= 15 is 0 Å². The summed E-state index contributed by atoms with van der Waals surface area (Å²) in [7, 11) is 0. The third-order valence-corrected chi connectivity index (χ3v) is 6.62. The predicted molar refractivity (Wildman–Crippen MR) is 101 cm³/mol. The quantitative estimate of drug-likeness (QED) is 0.673. The molecular formula is C21H30N3O4+. The summed E-state index contributed by atoms with van der Waals surface area (Å²) >= 11 is 0. The maximum absolute atomic E-state index is 12.5. The average molecular weight is 388 g/mol. The first-order chi connectivity index (χ1) is 13.6. The minimum atomic E-state index is -0.147. The first-order valence-electron chi connectivity index (χ1n) is 10.6. The Balaban J connectivity index is 1.29. The highest BCUT2D eigenvalue weighted by atomic mass is 16.3. The number of imide groups is 1. The third kappa shape index (κ3) is 3.85. The maximum atomic E-state index is 12.5. The second-order valence-corrected chi connectivity index (χ2v) is 8.31. The van der Waals surface area contributed by atoms with Gasteiger partial charge in [-0.2, -0.15) is 0 Å². The van der Waals surface area contributed by atoms with E-state index in [1.165, 1.54) is 22.6 Å². The Kier molecular flexibility index (Phi) is 5.80. The van der Waals surface area contributed by atoms with Gasteiger partial charge in [0.25, 0.3) is 0 Å². The van der Waals surface area contributed by atoms with Crippen LogP contribution in [0.3, 0.4) is 0 Å². The molecule has 2 aliphatic heterocycles. The summed E-state index contributed by atoms with van der Waals surface area (Å²) in [6, 6.07) is 3.95. The number of rotatable bonds is 7. The van der Waals surface area contributed by atoms with Gasteiger partial charge in [-0.3, -0.25) is 19.3 Å². The Morgan fingerprint density at radius 2 is 1.82 bits per heavy atom. The molecule has 7 nitrogen and oxygen atoms in total. The Hall–Kier alpha value is -2.15. The van der Waals surface area contributed by atoms with E-state index in [1.54, 1.807) is 6.26 Å². The Bertz CT molecular complexity index is 687. The van der Waals surface area contributed by atoms with Crippen molar-refractivity contribution in [1.82, 2.24) is 10.2 Å². The summed E-state index contributed by atoms with van der Waals surface area (Å²) in [5.74, 6) is 0.338. The van der Waals surface area contributed by atoms with Crippen LogP contribution in [-0.2, 0) is 14.4 Å². The lowest BCUT2D eigenvalue weighted by molar-refractivity contribution is -0.919. The second-order valence-electron chi connectivity index (χ2n) is 8.31. The van der Waals surface area contributed by atoms with Crippen molar-refractivity contribution in [2.75, 3.05) is 26.2 Å². The predicted octanol–water partition coefficient (Wildman–Crippen LogP) is 0.681. The van der Waals surface area contributed by atoms with Gasteiger partial charge in [-0.15, -0.1) is 0 Å². The van der Waals surface area contributed by atoms with Crippen LogP contribution in [0, 0.1) is 11.8 Å². The van der Waals surface area contributed by atoms with Gasteiger partial charge in [-0.25, -0.2) is 0 Å². The molecule has 1 aromatic rings. The number of furan rings is 1. The number of quaternary nitrogens is 1. The van der Waals surface area contributed by atoms with E-state index in [0.29, 0.717) is 6.54 Å². The molecule has 3 aliphatic rings. The van der Waals surface area contributed by atoms with E-state index in [4.69, 9.17) is 4.42 Å². The SMILES string of the molecule is O=C(CCN1C(=O)[C@H]2CCCC[C@H]2C1=O)NC[C@H](c1ccco1)[NH+]1CCCC1. The molecule has 3 amide bonds. The molecule has 28 heavy (non-hydrogen) atoms. The Labute approximate surface area is 165 Å². The van der Waals surface area contributed by atoms with E-state index in [-0.39, 0.29) is 48.6 Å². The van der Waals surface area contributed by atoms with Gasteiger partial charge in [0.15, 0.2) is 11.8 Å². The number of carbonyl (C=O) groups is 3. The molecule has 0 spiro atoms. The third-order valence-electron chi connectivity index (χ3n) is 6.62. The van der Waals surface area contributed by atoms with E-state index in [2.05, 4.69) is 5.32 Å². The molecule has 3 atom stereocenters. The number of likely N-dealkylation sites (tertiary alicyclic amines) is 2. The largest absolute Gasteiger partial charge is 0.463 e. The second kappa shape index (κ2) is 8.47. The van der Waals surface area contributed by atoms with Crippen LogP contribution < -0.4 is 10.2 Å². The van der Waals surface area contributed by atoms with Gasteiger partial charge < -0.3 is 14.6 Å². The highest BCUT2D eigenvalue weighted by Crippen LogP contribution is 2.37. The van der Waals surface area contributed by atoms with Crippen molar-refractivity contribution in [1.29, 1.82) is 0 Å². The minimum Gasteiger partial charge on any atom is -0.463 e. The number of amides is 3. The molecule has 3 fully saturated rings.